The van der Waals surface area contributed by atoms with Gasteiger partial charge in [-0.25, -0.2) is 0 Å². The standard InChI is InChI=1S/C6H14N2/c1-5-3-7-4-6(2)8-5/h5-8H,3-4H2,1-2H3/i3D,4D2. The van der Waals surface area contributed by atoms with Crippen LogP contribution in [0.25, 0.3) is 0 Å². The lowest BCUT2D eigenvalue weighted by Gasteiger charge is -2.26. The molecular formula is C6H14N2. The van der Waals surface area contributed by atoms with Crippen LogP contribution in [0.15, 0.2) is 0 Å². The first kappa shape index (κ1) is 3.18. The van der Waals surface area contributed by atoms with Gasteiger partial charge in [-0.2, -0.15) is 0 Å². The molecule has 2 nitrogen and oxygen atoms in total. The fourth-order valence-electron chi connectivity index (χ4n) is 0.782. The number of nitrogens with one attached hydrogen (secondary N) is 2. The van der Waals surface area contributed by atoms with Crippen LogP contribution in [0.1, 0.15) is 18.0 Å². The SMILES string of the molecule is [2H]C1NC([2H])([2H])C(C)NC1C. The highest BCUT2D eigenvalue weighted by molar-refractivity contribution is 4.76. The summed E-state index contributed by atoms with van der Waals surface area (Å²) in [6, 6.07) is -0.229. The molecule has 0 bridgehead atoms. The molecule has 0 aromatic heterocycles. The Morgan fingerprint density at radius 2 is 2.25 bits per heavy atom. The van der Waals surface area contributed by atoms with E-state index >= 15 is 0 Å². The van der Waals surface area contributed by atoms with E-state index in [9.17, 15) is 0 Å². The van der Waals surface area contributed by atoms with E-state index in [0.717, 1.165) is 0 Å². The maximum Gasteiger partial charge on any atom is 0.0444 e. The van der Waals surface area contributed by atoms with E-state index < -0.39 is 13.0 Å². The minimum Gasteiger partial charge on any atom is -0.314 e. The Morgan fingerprint density at radius 3 is 2.88 bits per heavy atom. The van der Waals surface area contributed by atoms with Crippen molar-refractivity contribution in [2.75, 3.05) is 13.0 Å². The summed E-state index contributed by atoms with van der Waals surface area (Å²) in [7, 11) is 0. The highest BCUT2D eigenvalue weighted by Gasteiger charge is 2.11. The van der Waals surface area contributed by atoms with Gasteiger partial charge in [0.05, 0.1) is 0 Å². The monoisotopic (exact) mass is 117 g/mol. The van der Waals surface area contributed by atoms with Crippen LogP contribution >= 0.6 is 0 Å². The van der Waals surface area contributed by atoms with Gasteiger partial charge in [-0.1, -0.05) is 0 Å². The Kier molecular flexibility index (Phi) is 0.980. The fourth-order valence-corrected chi connectivity index (χ4v) is 0.782. The number of rotatable bonds is 0. The quantitative estimate of drug-likeness (QED) is 0.465. The second-order valence-corrected chi connectivity index (χ2v) is 2.13. The summed E-state index contributed by atoms with van der Waals surface area (Å²) in [5.41, 5.74) is 0. The van der Waals surface area contributed by atoms with Gasteiger partial charge in [-0.05, 0) is 13.8 Å². The summed E-state index contributed by atoms with van der Waals surface area (Å²) in [6.07, 6.45) is 0. The third-order valence-electron chi connectivity index (χ3n) is 1.15. The third-order valence-corrected chi connectivity index (χ3v) is 1.15. The van der Waals surface area contributed by atoms with Crippen LogP contribution in [0, 0.1) is 0 Å². The molecule has 8 heavy (non-hydrogen) atoms. The van der Waals surface area contributed by atoms with Crippen molar-refractivity contribution in [2.45, 2.75) is 25.9 Å². The molecule has 0 aromatic carbocycles. The lowest BCUT2D eigenvalue weighted by molar-refractivity contribution is 0.370. The molecule has 1 heterocycles. The van der Waals surface area contributed by atoms with Crippen molar-refractivity contribution in [1.82, 2.24) is 10.6 Å². The molecule has 0 radical (unpaired) electrons. The van der Waals surface area contributed by atoms with E-state index in [1.165, 1.54) is 0 Å². The number of hydrogen-bond acceptors (Lipinski definition) is 2. The van der Waals surface area contributed by atoms with Gasteiger partial charge in [0.25, 0.3) is 0 Å². The first-order chi connectivity index (χ1) is 4.93. The molecule has 0 aliphatic carbocycles. The van der Waals surface area contributed by atoms with Crippen molar-refractivity contribution in [3.8, 4) is 0 Å². The number of piperazine rings is 1. The van der Waals surface area contributed by atoms with Gasteiger partial charge in [0.1, 0.15) is 0 Å². The van der Waals surface area contributed by atoms with E-state index in [0.29, 0.717) is 0 Å². The van der Waals surface area contributed by atoms with Gasteiger partial charge >= 0.3 is 0 Å². The molecule has 1 rings (SSSR count). The van der Waals surface area contributed by atoms with Gasteiger partial charge in [-0.15, -0.1) is 0 Å². The summed E-state index contributed by atoms with van der Waals surface area (Å²) < 4.78 is 22.3. The maximum absolute atomic E-state index is 7.43. The maximum atomic E-state index is 7.43. The molecular weight excluding hydrogens is 100 g/mol. The minimum atomic E-state index is -1.46. The van der Waals surface area contributed by atoms with Gasteiger partial charge < -0.3 is 10.6 Å². The van der Waals surface area contributed by atoms with E-state index in [-0.39, 0.29) is 12.1 Å². The average molecular weight is 117 g/mol. The third kappa shape index (κ3) is 1.46. The van der Waals surface area contributed by atoms with Gasteiger partial charge in [0.2, 0.25) is 0 Å². The summed E-state index contributed by atoms with van der Waals surface area (Å²) in [5, 5.41) is 5.59. The van der Waals surface area contributed by atoms with Gasteiger partial charge in [0, 0.05) is 29.2 Å². The van der Waals surface area contributed by atoms with Crippen molar-refractivity contribution < 1.29 is 4.11 Å². The van der Waals surface area contributed by atoms with Crippen LogP contribution in [0.2, 0.25) is 0 Å². The molecule has 0 spiro atoms. The van der Waals surface area contributed by atoms with Crippen molar-refractivity contribution in [2.24, 2.45) is 0 Å². The molecule has 1 saturated heterocycles. The van der Waals surface area contributed by atoms with Crippen LogP contribution in [-0.2, 0) is 0 Å². The van der Waals surface area contributed by atoms with E-state index in [4.69, 9.17) is 4.11 Å². The van der Waals surface area contributed by atoms with E-state index in [1.54, 1.807) is 6.92 Å². The molecule has 1 aliphatic heterocycles. The van der Waals surface area contributed by atoms with Gasteiger partial charge in [-0.3, -0.25) is 0 Å². The summed E-state index contributed by atoms with van der Waals surface area (Å²) >= 11 is 0. The van der Waals surface area contributed by atoms with Crippen molar-refractivity contribution in [3.63, 3.8) is 0 Å². The smallest absolute Gasteiger partial charge is 0.0444 e. The van der Waals surface area contributed by atoms with Crippen LogP contribution in [0.5, 0.6) is 0 Å². The van der Waals surface area contributed by atoms with Crippen molar-refractivity contribution in [1.29, 1.82) is 0 Å². The van der Waals surface area contributed by atoms with Crippen LogP contribution in [0.3, 0.4) is 0 Å². The highest BCUT2D eigenvalue weighted by atomic mass is 15.1. The Morgan fingerprint density at radius 1 is 1.50 bits per heavy atom. The van der Waals surface area contributed by atoms with Crippen LogP contribution in [-0.4, -0.2) is 25.1 Å². The molecule has 1 fully saturated rings. The first-order valence-corrected chi connectivity index (χ1v) is 2.89. The Hall–Kier alpha value is -0.0800. The summed E-state index contributed by atoms with van der Waals surface area (Å²) in [5.74, 6) is 0. The molecule has 2 heteroatoms. The topological polar surface area (TPSA) is 24.1 Å². The fraction of sp³-hybridized carbons (Fsp3) is 1.00. The zero-order chi connectivity index (χ0) is 8.65. The van der Waals surface area contributed by atoms with Crippen LogP contribution in [0.4, 0.5) is 0 Å². The normalized spacial score (nSPS) is 60.8. The predicted molar refractivity (Wildman–Crippen MR) is 34.9 cm³/mol. The number of hydrogen-bond donors (Lipinski definition) is 2. The largest absolute Gasteiger partial charge is 0.314 e. The zero-order valence-corrected chi connectivity index (χ0v) is 5.23. The molecule has 3 atom stereocenters. The Bertz CT molecular complexity index is 151. The first-order valence-electron chi connectivity index (χ1n) is 4.47. The lowest BCUT2D eigenvalue weighted by atomic mass is 10.2. The minimum absolute atomic E-state index is 0.00817. The Balaban J connectivity index is 2.63. The second-order valence-electron chi connectivity index (χ2n) is 2.13. The van der Waals surface area contributed by atoms with Crippen molar-refractivity contribution in [3.05, 3.63) is 0 Å². The Labute approximate surface area is 54.9 Å². The summed E-state index contributed by atoms with van der Waals surface area (Å²) in [4.78, 5) is 0. The molecule has 2 N–H and O–H groups in total. The van der Waals surface area contributed by atoms with E-state index in [1.807, 2.05) is 6.92 Å². The molecule has 48 valence electrons. The zero-order valence-electron chi connectivity index (χ0n) is 8.23. The highest BCUT2D eigenvalue weighted by Crippen LogP contribution is 1.90. The average Bonchev–Trinajstić information content (AvgIpc) is 1.83. The summed E-state index contributed by atoms with van der Waals surface area (Å²) in [6.45, 7) is 1.63. The van der Waals surface area contributed by atoms with Crippen LogP contribution < -0.4 is 10.6 Å². The lowest BCUT2D eigenvalue weighted by Crippen LogP contribution is -2.52. The predicted octanol–water partition coefficient (Wildman–Crippen LogP) is -0.0438. The molecule has 3 unspecified atom stereocenters. The molecule has 0 saturated carbocycles. The second kappa shape index (κ2) is 2.46. The van der Waals surface area contributed by atoms with E-state index in [2.05, 4.69) is 10.6 Å². The molecule has 1 aliphatic rings. The molecule has 0 aromatic rings. The molecule has 0 amide bonds. The van der Waals surface area contributed by atoms with Crippen molar-refractivity contribution >= 4 is 0 Å². The van der Waals surface area contributed by atoms with Gasteiger partial charge in [0.15, 0.2) is 0 Å².